The first-order valence-corrected chi connectivity index (χ1v) is 5.29. The van der Waals surface area contributed by atoms with Gasteiger partial charge in [0.1, 0.15) is 6.79 Å². The van der Waals surface area contributed by atoms with Crippen LogP contribution in [0.25, 0.3) is 0 Å². The standard InChI is InChI=1S/C10H14O2S/c1-11-8-12-7-9-4-3-5-10(6-9)13-2/h3-6H,7-8H2,1-2H3. The van der Waals surface area contributed by atoms with Gasteiger partial charge < -0.3 is 9.47 Å². The molecule has 1 aromatic rings. The third-order valence-electron chi connectivity index (χ3n) is 1.60. The molecule has 0 aromatic heterocycles. The third kappa shape index (κ3) is 3.81. The molecule has 3 heteroatoms. The van der Waals surface area contributed by atoms with E-state index in [1.807, 2.05) is 6.07 Å². The topological polar surface area (TPSA) is 18.5 Å². The number of hydrogen-bond donors (Lipinski definition) is 0. The highest BCUT2D eigenvalue weighted by molar-refractivity contribution is 7.98. The summed E-state index contributed by atoms with van der Waals surface area (Å²) >= 11 is 1.74. The van der Waals surface area contributed by atoms with Gasteiger partial charge in [-0.3, -0.25) is 0 Å². The minimum absolute atomic E-state index is 0.351. The van der Waals surface area contributed by atoms with E-state index in [4.69, 9.17) is 9.47 Å². The maximum absolute atomic E-state index is 5.24. The van der Waals surface area contributed by atoms with Gasteiger partial charge in [-0.25, -0.2) is 0 Å². The Morgan fingerprint density at radius 3 is 2.92 bits per heavy atom. The maximum Gasteiger partial charge on any atom is 0.146 e. The molecule has 0 N–H and O–H groups in total. The van der Waals surface area contributed by atoms with Crippen LogP contribution in [0.1, 0.15) is 5.56 Å². The van der Waals surface area contributed by atoms with Crippen LogP contribution in [0.15, 0.2) is 29.2 Å². The van der Waals surface area contributed by atoms with E-state index in [-0.39, 0.29) is 0 Å². The lowest BCUT2D eigenvalue weighted by Gasteiger charge is -2.04. The zero-order chi connectivity index (χ0) is 9.52. The summed E-state index contributed by atoms with van der Waals surface area (Å²) in [6.45, 7) is 0.964. The number of thioether (sulfide) groups is 1. The molecule has 13 heavy (non-hydrogen) atoms. The Hall–Kier alpha value is -0.510. The average molecular weight is 198 g/mol. The second kappa shape index (κ2) is 6.02. The molecule has 0 bridgehead atoms. The van der Waals surface area contributed by atoms with Crippen molar-refractivity contribution >= 4 is 11.8 Å². The van der Waals surface area contributed by atoms with E-state index in [0.29, 0.717) is 13.4 Å². The summed E-state index contributed by atoms with van der Waals surface area (Å²) in [7, 11) is 1.62. The Labute approximate surface area is 83.2 Å². The SMILES string of the molecule is COCOCc1cccc(SC)c1. The van der Waals surface area contributed by atoms with Crippen LogP contribution in [-0.2, 0) is 16.1 Å². The summed E-state index contributed by atoms with van der Waals surface area (Å²) < 4.78 is 10.0. The molecule has 0 unspecified atom stereocenters. The van der Waals surface area contributed by atoms with Crippen molar-refractivity contribution in [1.29, 1.82) is 0 Å². The normalized spacial score (nSPS) is 10.3. The predicted molar refractivity (Wildman–Crippen MR) is 54.9 cm³/mol. The third-order valence-corrected chi connectivity index (χ3v) is 2.33. The van der Waals surface area contributed by atoms with Crippen molar-refractivity contribution in [3.63, 3.8) is 0 Å². The summed E-state index contributed by atoms with van der Waals surface area (Å²) in [5.41, 5.74) is 1.18. The van der Waals surface area contributed by atoms with Crippen molar-refractivity contribution in [2.24, 2.45) is 0 Å². The maximum atomic E-state index is 5.24. The molecule has 1 rings (SSSR count). The van der Waals surface area contributed by atoms with Gasteiger partial charge in [-0.2, -0.15) is 0 Å². The number of benzene rings is 1. The lowest BCUT2D eigenvalue weighted by molar-refractivity contribution is -0.0391. The van der Waals surface area contributed by atoms with E-state index in [0.717, 1.165) is 0 Å². The molecule has 2 nitrogen and oxygen atoms in total. The van der Waals surface area contributed by atoms with E-state index in [1.165, 1.54) is 10.5 Å². The van der Waals surface area contributed by atoms with Gasteiger partial charge >= 0.3 is 0 Å². The molecular weight excluding hydrogens is 184 g/mol. The molecule has 1 aromatic carbocycles. The zero-order valence-corrected chi connectivity index (χ0v) is 8.76. The van der Waals surface area contributed by atoms with Crippen LogP contribution >= 0.6 is 11.8 Å². The average Bonchev–Trinajstić information content (AvgIpc) is 2.19. The largest absolute Gasteiger partial charge is 0.359 e. The molecule has 0 amide bonds. The van der Waals surface area contributed by atoms with Gasteiger partial charge in [-0.1, -0.05) is 12.1 Å². The van der Waals surface area contributed by atoms with E-state index in [1.54, 1.807) is 18.9 Å². The Kier molecular flexibility index (Phi) is 4.90. The highest BCUT2D eigenvalue weighted by atomic mass is 32.2. The molecule has 0 aliphatic rings. The minimum Gasteiger partial charge on any atom is -0.359 e. The number of rotatable bonds is 5. The summed E-state index contributed by atoms with van der Waals surface area (Å²) in [4.78, 5) is 1.26. The van der Waals surface area contributed by atoms with Crippen LogP contribution in [0.2, 0.25) is 0 Å². The Morgan fingerprint density at radius 2 is 2.23 bits per heavy atom. The summed E-state index contributed by atoms with van der Waals surface area (Å²) in [6, 6.07) is 8.30. The minimum atomic E-state index is 0.351. The first-order chi connectivity index (χ1) is 6.36. The summed E-state index contributed by atoms with van der Waals surface area (Å²) in [6.07, 6.45) is 2.06. The summed E-state index contributed by atoms with van der Waals surface area (Å²) in [5.74, 6) is 0. The van der Waals surface area contributed by atoms with E-state index in [2.05, 4.69) is 24.5 Å². The monoisotopic (exact) mass is 198 g/mol. The quantitative estimate of drug-likeness (QED) is 0.411. The Bertz CT molecular complexity index is 250. The molecule has 0 heterocycles. The van der Waals surface area contributed by atoms with Gasteiger partial charge in [0.15, 0.2) is 0 Å². The lowest BCUT2D eigenvalue weighted by Crippen LogP contribution is -1.96. The molecule has 0 aliphatic heterocycles. The predicted octanol–water partition coefficient (Wildman–Crippen LogP) is 2.53. The molecular formula is C10H14O2S. The summed E-state index contributed by atoms with van der Waals surface area (Å²) in [5, 5.41) is 0. The van der Waals surface area contributed by atoms with E-state index in [9.17, 15) is 0 Å². The fraction of sp³-hybridized carbons (Fsp3) is 0.400. The van der Waals surface area contributed by atoms with Crippen molar-refractivity contribution in [2.45, 2.75) is 11.5 Å². The van der Waals surface area contributed by atoms with E-state index >= 15 is 0 Å². The molecule has 0 radical (unpaired) electrons. The van der Waals surface area contributed by atoms with Gasteiger partial charge in [0.05, 0.1) is 6.61 Å². The molecule has 72 valence electrons. The van der Waals surface area contributed by atoms with Gasteiger partial charge in [-0.15, -0.1) is 11.8 Å². The van der Waals surface area contributed by atoms with Crippen molar-refractivity contribution in [2.75, 3.05) is 20.2 Å². The van der Waals surface area contributed by atoms with Crippen LogP contribution in [-0.4, -0.2) is 20.2 Å². The van der Waals surface area contributed by atoms with Gasteiger partial charge in [0, 0.05) is 12.0 Å². The smallest absolute Gasteiger partial charge is 0.146 e. The van der Waals surface area contributed by atoms with Crippen LogP contribution < -0.4 is 0 Å². The highest BCUT2D eigenvalue weighted by Crippen LogP contribution is 2.16. The Balaban J connectivity index is 2.46. The second-order valence-corrected chi connectivity index (χ2v) is 3.49. The van der Waals surface area contributed by atoms with Crippen LogP contribution in [0, 0.1) is 0 Å². The molecule has 0 atom stereocenters. The van der Waals surface area contributed by atoms with Crippen molar-refractivity contribution in [1.82, 2.24) is 0 Å². The highest BCUT2D eigenvalue weighted by Gasteiger charge is 1.94. The van der Waals surface area contributed by atoms with Gasteiger partial charge in [0.2, 0.25) is 0 Å². The number of methoxy groups -OCH3 is 1. The number of hydrogen-bond acceptors (Lipinski definition) is 3. The molecule has 0 spiro atoms. The van der Waals surface area contributed by atoms with Crippen molar-refractivity contribution in [3.05, 3.63) is 29.8 Å². The zero-order valence-electron chi connectivity index (χ0n) is 7.95. The van der Waals surface area contributed by atoms with Crippen LogP contribution in [0.5, 0.6) is 0 Å². The lowest BCUT2D eigenvalue weighted by atomic mass is 10.2. The van der Waals surface area contributed by atoms with E-state index < -0.39 is 0 Å². The first-order valence-electron chi connectivity index (χ1n) is 4.06. The molecule has 0 saturated carbocycles. The second-order valence-electron chi connectivity index (χ2n) is 2.61. The number of ether oxygens (including phenoxy) is 2. The van der Waals surface area contributed by atoms with Crippen molar-refractivity contribution < 1.29 is 9.47 Å². The van der Waals surface area contributed by atoms with Crippen LogP contribution in [0.3, 0.4) is 0 Å². The first kappa shape index (κ1) is 10.6. The van der Waals surface area contributed by atoms with Gasteiger partial charge in [0.25, 0.3) is 0 Å². The fourth-order valence-corrected chi connectivity index (χ4v) is 1.49. The molecule has 0 saturated heterocycles. The Morgan fingerprint density at radius 1 is 1.38 bits per heavy atom. The fourth-order valence-electron chi connectivity index (χ4n) is 1.01. The molecule has 0 aliphatic carbocycles. The van der Waals surface area contributed by atoms with Crippen molar-refractivity contribution in [3.8, 4) is 0 Å². The van der Waals surface area contributed by atoms with Gasteiger partial charge in [-0.05, 0) is 24.0 Å². The van der Waals surface area contributed by atoms with Crippen LogP contribution in [0.4, 0.5) is 0 Å². The molecule has 0 fully saturated rings.